The molecule has 9 unspecified atom stereocenters. The van der Waals surface area contributed by atoms with E-state index in [9.17, 15) is 9.90 Å². The van der Waals surface area contributed by atoms with Crippen LogP contribution in [0.15, 0.2) is 54.9 Å². The maximum Gasteiger partial charge on any atom is 0.335 e. The first-order valence-corrected chi connectivity index (χ1v) is 18.7. The van der Waals surface area contributed by atoms with Crippen molar-refractivity contribution >= 4 is 11.5 Å². The highest BCUT2D eigenvalue weighted by Gasteiger charge is 2.68. The Morgan fingerprint density at radius 3 is 2.45 bits per heavy atom. The van der Waals surface area contributed by atoms with Crippen molar-refractivity contribution in [2.24, 2.45) is 51.2 Å². The monoisotopic (exact) mass is 637 g/mol. The number of aromatic carboxylic acids is 1. The van der Waals surface area contributed by atoms with E-state index in [1.54, 1.807) is 12.1 Å². The normalized spacial score (nSPS) is 40.1. The zero-order valence-electron chi connectivity index (χ0n) is 29.9. The summed E-state index contributed by atoms with van der Waals surface area (Å²) >= 11 is 0. The van der Waals surface area contributed by atoms with E-state index < -0.39 is 5.97 Å². The van der Waals surface area contributed by atoms with E-state index in [-0.39, 0.29) is 0 Å². The van der Waals surface area contributed by atoms with Gasteiger partial charge in [-0.05, 0) is 158 Å². The van der Waals surface area contributed by atoms with E-state index in [4.69, 9.17) is 0 Å². The largest absolute Gasteiger partial charge is 0.478 e. The number of nitrogens with one attached hydrogen (secondary N) is 1. The molecule has 1 heterocycles. The summed E-state index contributed by atoms with van der Waals surface area (Å²) in [6.07, 6.45) is 20.1. The molecule has 0 radical (unpaired) electrons. The predicted octanol–water partition coefficient (Wildman–Crippen LogP) is 9.13. The second kappa shape index (κ2) is 12.1. The molecule has 4 fully saturated rings. The van der Waals surface area contributed by atoms with Gasteiger partial charge in [0.25, 0.3) is 0 Å². The molecule has 254 valence electrons. The Labute approximate surface area is 284 Å². The van der Waals surface area contributed by atoms with Gasteiger partial charge < -0.3 is 15.3 Å². The summed E-state index contributed by atoms with van der Waals surface area (Å²) in [7, 11) is 4.39. The first-order valence-electron chi connectivity index (χ1n) is 18.7. The number of hydrogen-bond donors (Lipinski definition) is 2. The molecule has 7 rings (SSSR count). The lowest BCUT2D eigenvalue weighted by atomic mass is 9.33. The summed E-state index contributed by atoms with van der Waals surface area (Å²) in [5.74, 6) is 2.78. The minimum Gasteiger partial charge on any atom is -0.478 e. The smallest absolute Gasteiger partial charge is 0.335 e. The standard InChI is InChI=1S/C42H59N3O2/c1-28-32(29-11-13-30(14-12-29)38(46)47)17-20-39(2)33(28)18-21-41(4)37(39)16-15-34-35-10-7-19-42(35,23-22-40(34,41)3)27-44-26-36(45(5)6)31-9-8-24-43-25-31/h8-9,11-14,17,24-25,28,33-37,44H,7,10,15-16,18-23,26-27H2,1-6H3,(H,46,47)/t28?,33?,34?,35?,36?,37?,39?,40-,41?,42?/m1/s1. The third-order valence-electron chi connectivity index (χ3n) is 15.7. The topological polar surface area (TPSA) is 65.5 Å². The van der Waals surface area contributed by atoms with Crippen molar-refractivity contribution in [2.75, 3.05) is 27.2 Å². The van der Waals surface area contributed by atoms with Crippen LogP contribution in [0.25, 0.3) is 5.57 Å². The average Bonchev–Trinajstić information content (AvgIpc) is 3.48. The van der Waals surface area contributed by atoms with Gasteiger partial charge in [-0.2, -0.15) is 0 Å². The highest BCUT2D eigenvalue weighted by Crippen LogP contribution is 2.76. The molecule has 0 amide bonds. The SMILES string of the molecule is CC1C(c2ccc(C(=O)O)cc2)=CCC2(C)C1CCC1(C)C2CCC2C3CCCC3(CNCC(c3cccnc3)N(C)C)CC[C@]21C. The molecule has 5 aliphatic carbocycles. The summed E-state index contributed by atoms with van der Waals surface area (Å²) in [6.45, 7) is 12.8. The lowest BCUT2D eigenvalue weighted by Gasteiger charge is -2.71. The number of hydrogen-bond acceptors (Lipinski definition) is 4. The van der Waals surface area contributed by atoms with Crippen LogP contribution in [0, 0.1) is 51.2 Å². The van der Waals surface area contributed by atoms with Crippen LogP contribution in [-0.2, 0) is 0 Å². The second-order valence-corrected chi connectivity index (χ2v) is 17.5. The quantitative estimate of drug-likeness (QED) is 0.302. The minimum atomic E-state index is -0.849. The molecule has 5 aliphatic rings. The first-order chi connectivity index (χ1) is 22.4. The Bertz CT molecular complexity index is 1490. The number of carbonyl (C=O) groups is 1. The Balaban J connectivity index is 1.09. The van der Waals surface area contributed by atoms with Crippen LogP contribution < -0.4 is 5.32 Å². The van der Waals surface area contributed by atoms with Crippen molar-refractivity contribution in [1.29, 1.82) is 0 Å². The molecule has 1 aromatic heterocycles. The third-order valence-corrected chi connectivity index (χ3v) is 15.7. The average molecular weight is 638 g/mol. The molecular formula is C42H59N3O2. The molecule has 2 N–H and O–H groups in total. The van der Waals surface area contributed by atoms with Crippen molar-refractivity contribution in [1.82, 2.24) is 15.2 Å². The van der Waals surface area contributed by atoms with E-state index in [1.807, 2.05) is 24.5 Å². The number of pyridine rings is 1. The molecule has 0 saturated heterocycles. The van der Waals surface area contributed by atoms with Gasteiger partial charge in [0.2, 0.25) is 0 Å². The third kappa shape index (κ3) is 5.16. The molecule has 0 aliphatic heterocycles. The summed E-state index contributed by atoms with van der Waals surface area (Å²) < 4.78 is 0. The van der Waals surface area contributed by atoms with Crippen LogP contribution in [0.5, 0.6) is 0 Å². The fourth-order valence-corrected chi connectivity index (χ4v) is 13.1. The lowest BCUT2D eigenvalue weighted by molar-refractivity contribution is -0.217. The zero-order chi connectivity index (χ0) is 33.2. The molecule has 5 heteroatoms. The maximum absolute atomic E-state index is 11.5. The van der Waals surface area contributed by atoms with E-state index >= 15 is 0 Å². The summed E-state index contributed by atoms with van der Waals surface area (Å²) in [4.78, 5) is 18.2. The molecule has 4 saturated carbocycles. The minimum absolute atomic E-state index is 0.324. The highest BCUT2D eigenvalue weighted by atomic mass is 16.4. The van der Waals surface area contributed by atoms with E-state index in [2.05, 4.69) is 75.2 Å². The second-order valence-electron chi connectivity index (χ2n) is 17.5. The molecule has 2 aromatic rings. The van der Waals surface area contributed by atoms with Crippen LogP contribution in [0.3, 0.4) is 0 Å². The molecule has 0 bridgehead atoms. The van der Waals surface area contributed by atoms with Gasteiger partial charge in [-0.1, -0.05) is 58.4 Å². The van der Waals surface area contributed by atoms with Crippen LogP contribution >= 0.6 is 0 Å². The Kier molecular flexibility index (Phi) is 8.52. The predicted molar refractivity (Wildman–Crippen MR) is 191 cm³/mol. The fourth-order valence-electron chi connectivity index (χ4n) is 13.1. The van der Waals surface area contributed by atoms with E-state index in [1.165, 1.54) is 74.5 Å². The van der Waals surface area contributed by atoms with Gasteiger partial charge in [-0.15, -0.1) is 0 Å². The molecule has 5 nitrogen and oxygen atoms in total. The molecule has 0 spiro atoms. The number of benzene rings is 1. The van der Waals surface area contributed by atoms with Crippen LogP contribution in [0.4, 0.5) is 0 Å². The Hall–Kier alpha value is -2.50. The number of fused-ring (bicyclic) bond motifs is 7. The molecule has 1 aromatic carbocycles. The van der Waals surface area contributed by atoms with Crippen molar-refractivity contribution in [3.05, 3.63) is 71.6 Å². The number of rotatable bonds is 8. The fraction of sp³-hybridized carbons (Fsp3) is 0.667. The van der Waals surface area contributed by atoms with Crippen molar-refractivity contribution in [3.8, 4) is 0 Å². The summed E-state index contributed by atoms with van der Waals surface area (Å²) in [5, 5.41) is 13.5. The number of aromatic nitrogens is 1. The van der Waals surface area contributed by atoms with Crippen LogP contribution in [-0.4, -0.2) is 48.1 Å². The molecule has 10 atom stereocenters. The molecule has 47 heavy (non-hydrogen) atoms. The highest BCUT2D eigenvalue weighted by molar-refractivity contribution is 5.88. The van der Waals surface area contributed by atoms with Crippen molar-refractivity contribution in [2.45, 2.75) is 97.9 Å². The first kappa shape index (κ1) is 33.0. The van der Waals surface area contributed by atoms with Gasteiger partial charge in [0, 0.05) is 31.5 Å². The van der Waals surface area contributed by atoms with E-state index in [0.29, 0.717) is 45.1 Å². The Morgan fingerprint density at radius 1 is 0.957 bits per heavy atom. The summed E-state index contributed by atoms with van der Waals surface area (Å²) in [5.41, 5.74) is 5.89. The van der Waals surface area contributed by atoms with Gasteiger partial charge in [0.1, 0.15) is 0 Å². The van der Waals surface area contributed by atoms with Crippen LogP contribution in [0.1, 0.15) is 119 Å². The number of nitrogens with zero attached hydrogens (tertiary/aromatic N) is 2. The maximum atomic E-state index is 11.5. The zero-order valence-corrected chi connectivity index (χ0v) is 29.9. The number of allylic oxidation sites excluding steroid dienone is 2. The van der Waals surface area contributed by atoms with Crippen molar-refractivity contribution in [3.63, 3.8) is 0 Å². The van der Waals surface area contributed by atoms with Crippen LogP contribution in [0.2, 0.25) is 0 Å². The number of likely N-dealkylation sites (N-methyl/N-ethyl adjacent to an activating group) is 1. The van der Waals surface area contributed by atoms with Crippen molar-refractivity contribution < 1.29 is 9.90 Å². The van der Waals surface area contributed by atoms with Gasteiger partial charge >= 0.3 is 5.97 Å². The number of carboxylic acid groups (broad SMARTS) is 1. The molecular weight excluding hydrogens is 578 g/mol. The van der Waals surface area contributed by atoms with Gasteiger partial charge in [-0.25, -0.2) is 4.79 Å². The van der Waals surface area contributed by atoms with Gasteiger partial charge in [0.15, 0.2) is 0 Å². The van der Waals surface area contributed by atoms with Gasteiger partial charge in [-0.3, -0.25) is 4.98 Å². The van der Waals surface area contributed by atoms with E-state index in [0.717, 1.165) is 37.3 Å². The lowest BCUT2D eigenvalue weighted by Crippen LogP contribution is -2.64. The van der Waals surface area contributed by atoms with Gasteiger partial charge in [0.05, 0.1) is 5.56 Å². The Morgan fingerprint density at radius 2 is 1.74 bits per heavy atom. The number of carboxylic acids is 1. The summed E-state index contributed by atoms with van der Waals surface area (Å²) in [6, 6.07) is 12.3.